The minimum absolute atomic E-state index is 0.257. The van der Waals surface area contributed by atoms with Crippen molar-refractivity contribution in [3.05, 3.63) is 16.3 Å². The van der Waals surface area contributed by atoms with Crippen LogP contribution in [0.15, 0.2) is 16.6 Å². The van der Waals surface area contributed by atoms with Gasteiger partial charge in [0, 0.05) is 0 Å². The molecule has 0 rings (SSSR count). The molecule has 0 aromatic rings. The molecule has 0 radical (unpaired) electrons. The molecule has 0 atom stereocenters. The number of hydroxylamine groups is 1. The summed E-state index contributed by atoms with van der Waals surface area (Å²) in [6.45, 7) is 3.06. The molecule has 0 spiro atoms. The molecule has 0 aromatic carbocycles. The Morgan fingerprint density at radius 3 is 2.25 bits per heavy atom. The molecule has 0 heterocycles. The van der Waals surface area contributed by atoms with Gasteiger partial charge in [-0.05, 0) is 19.0 Å². The Balaban J connectivity index is 4.03. The second-order valence-electron chi connectivity index (χ2n) is 1.41. The highest BCUT2D eigenvalue weighted by Crippen LogP contribution is 1.97. The molecule has 4 nitrogen and oxygen atoms in total. The van der Waals surface area contributed by atoms with Crippen LogP contribution < -0.4 is 5.48 Å². The molecule has 0 amide bonds. The van der Waals surface area contributed by atoms with Crippen LogP contribution >= 0.6 is 0 Å². The maximum atomic E-state index is 9.65. The lowest BCUT2D eigenvalue weighted by molar-refractivity contribution is 0.199. The molecule has 46 valence electrons. The number of nitroso groups, excluding NO2 is 1. The number of nitrogens with zero attached hydrogens (tertiary/aromatic N) is 1. The molecule has 0 unspecified atom stereocenters. The van der Waals surface area contributed by atoms with Crippen LogP contribution in [0.4, 0.5) is 0 Å². The maximum Gasteiger partial charge on any atom is 0.103 e. The van der Waals surface area contributed by atoms with Gasteiger partial charge in [-0.3, -0.25) is 10.7 Å². The largest absolute Gasteiger partial charge is 0.291 e. The van der Waals surface area contributed by atoms with Crippen LogP contribution in [0.1, 0.15) is 13.8 Å². The van der Waals surface area contributed by atoms with Crippen LogP contribution in [-0.2, 0) is 0 Å². The van der Waals surface area contributed by atoms with Gasteiger partial charge in [-0.2, -0.15) is 0 Å². The Kier molecular flexibility index (Phi) is 2.79. The van der Waals surface area contributed by atoms with Crippen molar-refractivity contribution in [2.24, 2.45) is 5.18 Å². The zero-order valence-electron chi connectivity index (χ0n) is 4.80. The van der Waals surface area contributed by atoms with Gasteiger partial charge in [-0.25, -0.2) is 0 Å². The molecule has 0 aliphatic carbocycles. The normalized spacial score (nSPS) is 12.4. The van der Waals surface area contributed by atoms with Gasteiger partial charge in [0.2, 0.25) is 0 Å². The van der Waals surface area contributed by atoms with E-state index < -0.39 is 0 Å². The molecule has 0 aliphatic heterocycles. The molecular weight excluding hydrogens is 108 g/mol. The number of hydrogen-bond acceptors (Lipinski definition) is 4. The summed E-state index contributed by atoms with van der Waals surface area (Å²) in [5.74, 6) is 0. The molecule has 0 aromatic heterocycles. The Morgan fingerprint density at radius 2 is 2.12 bits per heavy atom. The molecule has 0 saturated heterocycles. The van der Waals surface area contributed by atoms with Crippen molar-refractivity contribution in [1.82, 2.24) is 5.48 Å². The zero-order valence-corrected chi connectivity index (χ0v) is 4.80. The Labute approximate surface area is 47.1 Å². The van der Waals surface area contributed by atoms with Crippen molar-refractivity contribution < 1.29 is 5.21 Å². The van der Waals surface area contributed by atoms with E-state index in [9.17, 15) is 4.91 Å². The third kappa shape index (κ3) is 1.70. The monoisotopic (exact) mass is 116 g/mol. The predicted molar refractivity (Wildman–Crippen MR) is 29.1 cm³/mol. The summed E-state index contributed by atoms with van der Waals surface area (Å²) in [4.78, 5) is 9.65. The van der Waals surface area contributed by atoms with Gasteiger partial charge in [0.15, 0.2) is 0 Å². The molecule has 0 saturated carbocycles. The first-order valence-electron chi connectivity index (χ1n) is 2.13. The van der Waals surface area contributed by atoms with E-state index in [1.807, 2.05) is 0 Å². The van der Waals surface area contributed by atoms with Gasteiger partial charge in [-0.15, -0.1) is 4.91 Å². The molecule has 0 aliphatic rings. The molecule has 8 heavy (non-hydrogen) atoms. The SMILES string of the molecule is CC(N=O)=C(C)NO. The van der Waals surface area contributed by atoms with Crippen molar-refractivity contribution in [2.75, 3.05) is 0 Å². The van der Waals surface area contributed by atoms with E-state index >= 15 is 0 Å². The minimum Gasteiger partial charge on any atom is -0.291 e. The van der Waals surface area contributed by atoms with E-state index in [4.69, 9.17) is 5.21 Å². The summed E-state index contributed by atoms with van der Waals surface area (Å²) in [5, 5.41) is 10.7. The van der Waals surface area contributed by atoms with Crippen LogP contribution in [0.2, 0.25) is 0 Å². The number of allylic oxidation sites excluding steroid dienone is 2. The lowest BCUT2D eigenvalue weighted by atomic mass is 10.4. The second-order valence-corrected chi connectivity index (χ2v) is 1.41. The van der Waals surface area contributed by atoms with Crippen molar-refractivity contribution in [1.29, 1.82) is 0 Å². The highest BCUT2D eigenvalue weighted by molar-refractivity contribution is 5.03. The summed E-state index contributed by atoms with van der Waals surface area (Å²) >= 11 is 0. The predicted octanol–water partition coefficient (Wildman–Crippen LogP) is 0.983. The molecule has 4 heteroatoms. The highest BCUT2D eigenvalue weighted by Gasteiger charge is 1.90. The van der Waals surface area contributed by atoms with E-state index in [1.165, 1.54) is 6.92 Å². The van der Waals surface area contributed by atoms with Crippen LogP contribution in [0.3, 0.4) is 0 Å². The van der Waals surface area contributed by atoms with Crippen LogP contribution in [0.5, 0.6) is 0 Å². The van der Waals surface area contributed by atoms with Gasteiger partial charge in [0.1, 0.15) is 5.70 Å². The van der Waals surface area contributed by atoms with Crippen molar-refractivity contribution in [3.63, 3.8) is 0 Å². The highest BCUT2D eigenvalue weighted by atomic mass is 16.5. The van der Waals surface area contributed by atoms with Crippen molar-refractivity contribution in [2.45, 2.75) is 13.8 Å². The summed E-state index contributed by atoms with van der Waals surface area (Å²) in [6.07, 6.45) is 0. The first-order valence-corrected chi connectivity index (χ1v) is 2.13. The van der Waals surface area contributed by atoms with Gasteiger partial charge in [0.25, 0.3) is 0 Å². The molecule has 0 bridgehead atoms. The Hall–Kier alpha value is -0.900. The van der Waals surface area contributed by atoms with Gasteiger partial charge in [-0.1, -0.05) is 0 Å². The summed E-state index contributed by atoms with van der Waals surface area (Å²) < 4.78 is 0. The van der Waals surface area contributed by atoms with Crippen LogP contribution in [0.25, 0.3) is 0 Å². The second kappa shape index (κ2) is 3.15. The summed E-state index contributed by atoms with van der Waals surface area (Å²) in [5.41, 5.74) is 2.43. The van der Waals surface area contributed by atoms with E-state index in [1.54, 1.807) is 12.4 Å². The number of hydrogen-bond donors (Lipinski definition) is 2. The minimum atomic E-state index is 0.257. The smallest absolute Gasteiger partial charge is 0.103 e. The maximum absolute atomic E-state index is 9.65. The lowest BCUT2D eigenvalue weighted by Gasteiger charge is -1.94. The van der Waals surface area contributed by atoms with E-state index in [2.05, 4.69) is 5.18 Å². The topological polar surface area (TPSA) is 61.7 Å². The van der Waals surface area contributed by atoms with Gasteiger partial charge >= 0.3 is 0 Å². The third-order valence-electron chi connectivity index (χ3n) is 0.847. The summed E-state index contributed by atoms with van der Waals surface area (Å²) in [6, 6.07) is 0. The Bertz CT molecular complexity index is 119. The third-order valence-corrected chi connectivity index (χ3v) is 0.847. The van der Waals surface area contributed by atoms with E-state index in [0.29, 0.717) is 5.70 Å². The van der Waals surface area contributed by atoms with Gasteiger partial charge < -0.3 is 0 Å². The zero-order chi connectivity index (χ0) is 6.57. The van der Waals surface area contributed by atoms with Crippen molar-refractivity contribution >= 4 is 0 Å². The average molecular weight is 116 g/mol. The molecule has 2 N–H and O–H groups in total. The molecular formula is C4H8N2O2. The van der Waals surface area contributed by atoms with Gasteiger partial charge in [0.05, 0.1) is 5.70 Å². The first-order chi connectivity index (χ1) is 3.72. The van der Waals surface area contributed by atoms with E-state index in [0.717, 1.165) is 0 Å². The van der Waals surface area contributed by atoms with Crippen LogP contribution in [-0.4, -0.2) is 5.21 Å². The van der Waals surface area contributed by atoms with E-state index in [-0.39, 0.29) is 5.70 Å². The number of rotatable bonds is 2. The first kappa shape index (κ1) is 7.10. The fraction of sp³-hybridized carbons (Fsp3) is 0.500. The average Bonchev–Trinajstić information content (AvgIpc) is 1.84. The fourth-order valence-electron chi connectivity index (χ4n) is 0.149. The lowest BCUT2D eigenvalue weighted by Crippen LogP contribution is -2.04. The Morgan fingerprint density at radius 1 is 1.62 bits per heavy atom. The summed E-state index contributed by atoms with van der Waals surface area (Å²) in [7, 11) is 0. The number of nitrogens with one attached hydrogen (secondary N) is 1. The fourth-order valence-corrected chi connectivity index (χ4v) is 0.149. The van der Waals surface area contributed by atoms with Crippen molar-refractivity contribution in [3.8, 4) is 0 Å². The molecule has 0 fully saturated rings. The quantitative estimate of drug-likeness (QED) is 0.417. The standard InChI is InChI=1S/C4H8N2O2/c1-3(5-7)4(2)6-8/h5,7H,1-2H3. The van der Waals surface area contributed by atoms with Crippen LogP contribution in [0, 0.1) is 4.91 Å².